The molecule has 0 bridgehead atoms. The lowest BCUT2D eigenvalue weighted by molar-refractivity contribution is -0.118. The molecule has 1 saturated heterocycles. The Morgan fingerprint density at radius 3 is 2.58 bits per heavy atom. The van der Waals surface area contributed by atoms with Crippen molar-refractivity contribution in [3.05, 3.63) is 59.7 Å². The highest BCUT2D eigenvalue weighted by atomic mass is 16.5. The fraction of sp³-hybridized carbons (Fsp3) is 0.333. The predicted molar refractivity (Wildman–Crippen MR) is 101 cm³/mol. The van der Waals surface area contributed by atoms with Crippen LogP contribution in [0.5, 0.6) is 5.75 Å². The molecule has 1 heterocycles. The highest BCUT2D eigenvalue weighted by molar-refractivity contribution is 5.98. The third-order valence-corrected chi connectivity index (χ3v) is 4.66. The monoisotopic (exact) mass is 352 g/mol. The Bertz CT molecular complexity index is 816. The van der Waals surface area contributed by atoms with E-state index in [1.807, 2.05) is 43.0 Å². The molecule has 2 aromatic rings. The van der Waals surface area contributed by atoms with E-state index in [2.05, 4.69) is 5.32 Å². The van der Waals surface area contributed by atoms with Gasteiger partial charge in [-0.1, -0.05) is 32.0 Å². The highest BCUT2D eigenvalue weighted by Gasteiger charge is 2.34. The normalized spacial score (nSPS) is 16.2. The minimum absolute atomic E-state index is 0.0234. The Labute approximate surface area is 154 Å². The summed E-state index contributed by atoms with van der Waals surface area (Å²) in [6, 6.07) is 15.0. The van der Waals surface area contributed by atoms with E-state index < -0.39 is 0 Å². The summed E-state index contributed by atoms with van der Waals surface area (Å²) >= 11 is 0. The van der Waals surface area contributed by atoms with Crippen molar-refractivity contribution in [3.63, 3.8) is 0 Å². The van der Waals surface area contributed by atoms with Gasteiger partial charge >= 0.3 is 0 Å². The number of amides is 2. The standard InChI is InChI=1S/C21H24N2O3/c1-14(2)20(24)22-17-8-4-7-16(12-17)21(25)23-11-10-19(23)15-6-5-9-18(13-15)26-3/h4-9,12-14,19H,10-11H2,1-3H3,(H,22,24). The molecular weight excluding hydrogens is 328 g/mol. The van der Waals surface area contributed by atoms with Crippen molar-refractivity contribution in [2.75, 3.05) is 19.0 Å². The summed E-state index contributed by atoms with van der Waals surface area (Å²) in [5.74, 6) is 0.597. The maximum absolute atomic E-state index is 12.9. The molecule has 2 amide bonds. The third kappa shape index (κ3) is 3.72. The van der Waals surface area contributed by atoms with Gasteiger partial charge in [0, 0.05) is 23.7 Å². The molecule has 1 N–H and O–H groups in total. The lowest BCUT2D eigenvalue weighted by atomic mass is 9.93. The largest absolute Gasteiger partial charge is 0.497 e. The molecule has 3 rings (SSSR count). The average molecular weight is 352 g/mol. The maximum Gasteiger partial charge on any atom is 0.254 e. The highest BCUT2D eigenvalue weighted by Crippen LogP contribution is 2.36. The van der Waals surface area contributed by atoms with Gasteiger partial charge in [0.15, 0.2) is 0 Å². The van der Waals surface area contributed by atoms with Gasteiger partial charge in [-0.05, 0) is 42.3 Å². The first-order chi connectivity index (χ1) is 12.5. The van der Waals surface area contributed by atoms with Crippen LogP contribution in [0.4, 0.5) is 5.69 Å². The van der Waals surface area contributed by atoms with Crippen molar-refractivity contribution >= 4 is 17.5 Å². The molecule has 1 atom stereocenters. The van der Waals surface area contributed by atoms with Gasteiger partial charge in [-0.15, -0.1) is 0 Å². The zero-order valence-corrected chi connectivity index (χ0v) is 15.4. The van der Waals surface area contributed by atoms with Gasteiger partial charge in [0.1, 0.15) is 5.75 Å². The van der Waals surface area contributed by atoms with Crippen LogP contribution < -0.4 is 10.1 Å². The van der Waals surface area contributed by atoms with Crippen LogP contribution in [-0.2, 0) is 4.79 Å². The van der Waals surface area contributed by atoms with E-state index in [-0.39, 0.29) is 23.8 Å². The van der Waals surface area contributed by atoms with Crippen LogP contribution in [0.25, 0.3) is 0 Å². The van der Waals surface area contributed by atoms with Crippen LogP contribution in [0.2, 0.25) is 0 Å². The second-order valence-electron chi connectivity index (χ2n) is 6.80. The smallest absolute Gasteiger partial charge is 0.254 e. The molecule has 0 aromatic heterocycles. The van der Waals surface area contributed by atoms with Gasteiger partial charge < -0.3 is 15.0 Å². The molecule has 1 fully saturated rings. The van der Waals surface area contributed by atoms with E-state index in [4.69, 9.17) is 4.74 Å². The Morgan fingerprint density at radius 2 is 1.92 bits per heavy atom. The summed E-state index contributed by atoms with van der Waals surface area (Å²) in [5, 5.41) is 2.84. The van der Waals surface area contributed by atoms with Gasteiger partial charge in [0.2, 0.25) is 5.91 Å². The molecule has 5 heteroatoms. The summed E-state index contributed by atoms with van der Waals surface area (Å²) in [7, 11) is 1.64. The van der Waals surface area contributed by atoms with Crippen LogP contribution >= 0.6 is 0 Å². The lowest BCUT2D eigenvalue weighted by Crippen LogP contribution is -2.45. The first-order valence-electron chi connectivity index (χ1n) is 8.85. The number of rotatable bonds is 5. The van der Waals surface area contributed by atoms with E-state index in [9.17, 15) is 9.59 Å². The summed E-state index contributed by atoms with van der Waals surface area (Å²) in [5.41, 5.74) is 2.31. The molecule has 136 valence electrons. The lowest BCUT2D eigenvalue weighted by Gasteiger charge is -2.41. The molecule has 5 nitrogen and oxygen atoms in total. The van der Waals surface area contributed by atoms with E-state index in [1.54, 1.807) is 31.4 Å². The molecule has 2 aromatic carbocycles. The van der Waals surface area contributed by atoms with Gasteiger partial charge in [0.25, 0.3) is 5.91 Å². The van der Waals surface area contributed by atoms with Gasteiger partial charge in [-0.25, -0.2) is 0 Å². The van der Waals surface area contributed by atoms with Gasteiger partial charge in [-0.2, -0.15) is 0 Å². The number of ether oxygens (including phenoxy) is 1. The Hall–Kier alpha value is -2.82. The number of nitrogens with one attached hydrogen (secondary N) is 1. The van der Waals surface area contributed by atoms with Crippen LogP contribution in [-0.4, -0.2) is 30.4 Å². The third-order valence-electron chi connectivity index (χ3n) is 4.66. The Balaban J connectivity index is 1.76. The molecule has 26 heavy (non-hydrogen) atoms. The second kappa shape index (κ2) is 7.60. The first-order valence-corrected chi connectivity index (χ1v) is 8.85. The molecule has 0 aliphatic carbocycles. The van der Waals surface area contributed by atoms with Crippen molar-refractivity contribution in [2.45, 2.75) is 26.3 Å². The number of anilines is 1. The zero-order valence-electron chi connectivity index (χ0n) is 15.4. The molecule has 1 aliphatic heterocycles. The summed E-state index contributed by atoms with van der Waals surface area (Å²) in [6.07, 6.45) is 0.933. The molecule has 0 saturated carbocycles. The van der Waals surface area contributed by atoms with Crippen LogP contribution in [0, 0.1) is 5.92 Å². The molecular formula is C21H24N2O3. The van der Waals surface area contributed by atoms with Gasteiger partial charge in [0.05, 0.1) is 13.2 Å². The number of carbonyl (C=O) groups is 2. The minimum Gasteiger partial charge on any atom is -0.497 e. The number of hydrogen-bond acceptors (Lipinski definition) is 3. The average Bonchev–Trinajstić information content (AvgIpc) is 2.61. The predicted octanol–water partition coefficient (Wildman–Crippen LogP) is 3.88. The summed E-state index contributed by atoms with van der Waals surface area (Å²) in [4.78, 5) is 26.7. The SMILES string of the molecule is COc1cccc(C2CCN2C(=O)c2cccc(NC(=O)C(C)C)c2)c1. The zero-order chi connectivity index (χ0) is 18.7. The topological polar surface area (TPSA) is 58.6 Å². The van der Waals surface area contributed by atoms with Crippen LogP contribution in [0.15, 0.2) is 48.5 Å². The quantitative estimate of drug-likeness (QED) is 0.888. The molecule has 0 radical (unpaired) electrons. The number of methoxy groups -OCH3 is 1. The van der Waals surface area contributed by atoms with E-state index >= 15 is 0 Å². The fourth-order valence-electron chi connectivity index (χ4n) is 3.01. The Morgan fingerprint density at radius 1 is 1.15 bits per heavy atom. The van der Waals surface area contributed by atoms with Crippen molar-refractivity contribution in [1.82, 2.24) is 4.90 Å². The number of benzene rings is 2. The van der Waals surface area contributed by atoms with Crippen molar-refractivity contribution in [2.24, 2.45) is 5.92 Å². The Kier molecular flexibility index (Phi) is 5.26. The number of carbonyl (C=O) groups excluding carboxylic acids is 2. The van der Waals surface area contributed by atoms with E-state index in [0.717, 1.165) is 24.3 Å². The van der Waals surface area contributed by atoms with Crippen molar-refractivity contribution in [1.29, 1.82) is 0 Å². The van der Waals surface area contributed by atoms with E-state index in [0.29, 0.717) is 11.3 Å². The number of hydrogen-bond donors (Lipinski definition) is 1. The minimum atomic E-state index is -0.109. The number of nitrogens with zero attached hydrogens (tertiary/aromatic N) is 1. The summed E-state index contributed by atoms with van der Waals surface area (Å²) in [6.45, 7) is 4.40. The van der Waals surface area contributed by atoms with Crippen LogP contribution in [0.3, 0.4) is 0 Å². The van der Waals surface area contributed by atoms with Crippen molar-refractivity contribution < 1.29 is 14.3 Å². The van der Waals surface area contributed by atoms with Crippen LogP contribution in [0.1, 0.15) is 42.2 Å². The van der Waals surface area contributed by atoms with Gasteiger partial charge in [-0.3, -0.25) is 9.59 Å². The first kappa shape index (κ1) is 18.0. The molecule has 1 aliphatic rings. The maximum atomic E-state index is 12.9. The van der Waals surface area contributed by atoms with Crippen molar-refractivity contribution in [3.8, 4) is 5.75 Å². The van der Waals surface area contributed by atoms with E-state index in [1.165, 1.54) is 0 Å². The molecule has 0 spiro atoms. The molecule has 1 unspecified atom stereocenters. The summed E-state index contributed by atoms with van der Waals surface area (Å²) < 4.78 is 5.28. The fourth-order valence-corrected chi connectivity index (χ4v) is 3.01. The number of likely N-dealkylation sites (tertiary alicyclic amines) is 1. The second-order valence-corrected chi connectivity index (χ2v) is 6.80.